The van der Waals surface area contributed by atoms with Crippen molar-refractivity contribution in [2.45, 2.75) is 31.2 Å². The van der Waals surface area contributed by atoms with Crippen molar-refractivity contribution in [1.82, 2.24) is 5.32 Å². The summed E-state index contributed by atoms with van der Waals surface area (Å²) in [4.78, 5) is 22.0. The van der Waals surface area contributed by atoms with Gasteiger partial charge in [0.1, 0.15) is 5.69 Å². The molecule has 1 fully saturated rings. The van der Waals surface area contributed by atoms with E-state index in [-0.39, 0.29) is 17.3 Å². The quantitative estimate of drug-likeness (QED) is 0.544. The van der Waals surface area contributed by atoms with Gasteiger partial charge < -0.3 is 15.7 Å². The van der Waals surface area contributed by atoms with Gasteiger partial charge in [0.15, 0.2) is 6.10 Å². The number of aliphatic hydroxyl groups is 1. The first-order valence-electron chi connectivity index (χ1n) is 6.76. The number of carbonyl (C=O) groups is 1. The van der Waals surface area contributed by atoms with Crippen LogP contribution in [0.3, 0.4) is 0 Å². The molecule has 1 aliphatic rings. The number of nitrogens with one attached hydrogen (secondary N) is 2. The van der Waals surface area contributed by atoms with Crippen LogP contribution < -0.4 is 10.6 Å². The summed E-state index contributed by atoms with van der Waals surface area (Å²) in [6.07, 6.45) is -5.78. The van der Waals surface area contributed by atoms with Crippen LogP contribution in [0.5, 0.6) is 0 Å². The lowest BCUT2D eigenvalue weighted by atomic mass is 10.1. The van der Waals surface area contributed by atoms with Gasteiger partial charge in [0, 0.05) is 24.2 Å². The minimum absolute atomic E-state index is 0.0468. The highest BCUT2D eigenvalue weighted by Gasteiger charge is 2.38. The van der Waals surface area contributed by atoms with Crippen LogP contribution in [0.25, 0.3) is 0 Å². The second-order valence-corrected chi connectivity index (χ2v) is 5.18. The molecule has 2 rings (SSSR count). The number of alkyl halides is 3. The van der Waals surface area contributed by atoms with Crippen LogP contribution in [0, 0.1) is 10.1 Å². The van der Waals surface area contributed by atoms with Gasteiger partial charge in [-0.05, 0) is 25.0 Å². The lowest BCUT2D eigenvalue weighted by Crippen LogP contribution is -2.35. The van der Waals surface area contributed by atoms with Gasteiger partial charge in [-0.15, -0.1) is 0 Å². The van der Waals surface area contributed by atoms with Crippen molar-refractivity contribution < 1.29 is 28.0 Å². The number of hydrogen-bond acceptors (Lipinski definition) is 5. The second-order valence-electron chi connectivity index (χ2n) is 5.18. The Morgan fingerprint density at radius 2 is 2.09 bits per heavy atom. The molecule has 0 saturated heterocycles. The Labute approximate surface area is 128 Å². The zero-order valence-corrected chi connectivity index (χ0v) is 11.8. The normalized spacial score (nSPS) is 15.8. The van der Waals surface area contributed by atoms with Crippen LogP contribution in [0.1, 0.15) is 23.2 Å². The molecule has 0 bridgehead atoms. The number of nitro benzene ring substituents is 1. The lowest BCUT2D eigenvalue weighted by Gasteiger charge is -2.16. The van der Waals surface area contributed by atoms with Crippen LogP contribution in [-0.4, -0.2) is 40.8 Å². The van der Waals surface area contributed by atoms with Gasteiger partial charge in [0.05, 0.1) is 4.92 Å². The number of halogens is 3. The highest BCUT2D eigenvalue weighted by molar-refractivity contribution is 5.96. The fourth-order valence-electron chi connectivity index (χ4n) is 1.79. The summed E-state index contributed by atoms with van der Waals surface area (Å²) in [6, 6.07) is 3.47. The summed E-state index contributed by atoms with van der Waals surface area (Å²) >= 11 is 0. The highest BCUT2D eigenvalue weighted by Crippen LogP contribution is 2.28. The smallest absolute Gasteiger partial charge is 0.382 e. The predicted molar refractivity (Wildman–Crippen MR) is 74.1 cm³/mol. The molecule has 0 aliphatic heterocycles. The summed E-state index contributed by atoms with van der Waals surface area (Å²) < 4.78 is 36.7. The van der Waals surface area contributed by atoms with E-state index >= 15 is 0 Å². The number of nitro groups is 1. The molecule has 0 heterocycles. The van der Waals surface area contributed by atoms with Crippen LogP contribution in [0.4, 0.5) is 24.5 Å². The van der Waals surface area contributed by atoms with Crippen molar-refractivity contribution in [2.75, 3.05) is 11.9 Å². The van der Waals surface area contributed by atoms with Gasteiger partial charge in [-0.2, -0.15) is 13.2 Å². The van der Waals surface area contributed by atoms with Gasteiger partial charge in [-0.25, -0.2) is 0 Å². The number of benzene rings is 1. The first-order valence-corrected chi connectivity index (χ1v) is 6.76. The topological polar surface area (TPSA) is 104 Å². The molecule has 3 N–H and O–H groups in total. The van der Waals surface area contributed by atoms with Gasteiger partial charge in [0.25, 0.3) is 11.6 Å². The van der Waals surface area contributed by atoms with E-state index in [0.717, 1.165) is 25.0 Å². The van der Waals surface area contributed by atoms with Gasteiger partial charge in [-0.3, -0.25) is 14.9 Å². The highest BCUT2D eigenvalue weighted by atomic mass is 19.4. The molecule has 1 saturated carbocycles. The minimum Gasteiger partial charge on any atom is -0.382 e. The predicted octanol–water partition coefficient (Wildman–Crippen LogP) is 1.82. The molecular weight excluding hydrogens is 319 g/mol. The van der Waals surface area contributed by atoms with E-state index < -0.39 is 35.3 Å². The molecule has 1 amide bonds. The van der Waals surface area contributed by atoms with Gasteiger partial charge in [-0.1, -0.05) is 0 Å². The minimum atomic E-state index is -4.83. The first-order chi connectivity index (χ1) is 10.7. The van der Waals surface area contributed by atoms with Crippen molar-refractivity contribution in [3.05, 3.63) is 33.9 Å². The number of aliphatic hydroxyl groups excluding tert-OH is 1. The van der Waals surface area contributed by atoms with Gasteiger partial charge in [0.2, 0.25) is 0 Å². The third kappa shape index (κ3) is 4.55. The number of hydrogen-bond donors (Lipinski definition) is 3. The summed E-state index contributed by atoms with van der Waals surface area (Å²) in [7, 11) is 0. The molecule has 7 nitrogen and oxygen atoms in total. The molecule has 23 heavy (non-hydrogen) atoms. The fourth-order valence-corrected chi connectivity index (χ4v) is 1.79. The van der Waals surface area contributed by atoms with Gasteiger partial charge >= 0.3 is 6.18 Å². The molecular formula is C13H14F3N3O4. The summed E-state index contributed by atoms with van der Waals surface area (Å²) in [5.74, 6) is -0.475. The number of amides is 1. The standard InChI is InChI=1S/C13H14F3N3O4/c14-13(15,16)11(20)6-17-9-4-1-7(5-10(9)19(22)23)12(21)18-8-2-3-8/h1,4-5,8,11,17,20H,2-3,6H2,(H,18,21). The third-order valence-electron chi connectivity index (χ3n) is 3.23. The zero-order chi connectivity index (χ0) is 17.2. The molecule has 1 atom stereocenters. The second kappa shape index (κ2) is 6.41. The molecule has 126 valence electrons. The van der Waals surface area contributed by atoms with Crippen LogP contribution in [0.15, 0.2) is 18.2 Å². The maximum atomic E-state index is 12.2. The van der Waals surface area contributed by atoms with E-state index in [1.807, 2.05) is 0 Å². The Morgan fingerprint density at radius 1 is 1.43 bits per heavy atom. The Bertz CT molecular complexity index is 617. The monoisotopic (exact) mass is 333 g/mol. The van der Waals surface area contributed by atoms with E-state index in [2.05, 4.69) is 10.6 Å². The van der Waals surface area contributed by atoms with E-state index in [4.69, 9.17) is 5.11 Å². The average molecular weight is 333 g/mol. The van der Waals surface area contributed by atoms with E-state index in [0.29, 0.717) is 0 Å². The van der Waals surface area contributed by atoms with Crippen molar-refractivity contribution in [2.24, 2.45) is 0 Å². The molecule has 1 unspecified atom stereocenters. The zero-order valence-electron chi connectivity index (χ0n) is 11.8. The van der Waals surface area contributed by atoms with E-state index in [1.165, 1.54) is 6.07 Å². The molecule has 10 heteroatoms. The Hall–Kier alpha value is -2.36. The lowest BCUT2D eigenvalue weighted by molar-refractivity contribution is -0.384. The largest absolute Gasteiger partial charge is 0.416 e. The number of carbonyl (C=O) groups excluding carboxylic acids is 1. The summed E-state index contributed by atoms with van der Waals surface area (Å²) in [5.41, 5.74) is -0.699. The van der Waals surface area contributed by atoms with Crippen molar-refractivity contribution in [1.29, 1.82) is 0 Å². The molecule has 1 aromatic rings. The Kier molecular flexibility index (Phi) is 4.73. The molecule has 0 radical (unpaired) electrons. The summed E-state index contributed by atoms with van der Waals surface area (Å²) in [5, 5.41) is 24.8. The van der Waals surface area contributed by atoms with Crippen LogP contribution in [-0.2, 0) is 0 Å². The fraction of sp³-hybridized carbons (Fsp3) is 0.462. The average Bonchev–Trinajstić information content (AvgIpc) is 3.27. The van der Waals surface area contributed by atoms with E-state index in [9.17, 15) is 28.1 Å². The third-order valence-corrected chi connectivity index (χ3v) is 3.23. The van der Waals surface area contributed by atoms with E-state index in [1.54, 1.807) is 0 Å². The maximum Gasteiger partial charge on any atom is 0.416 e. The Morgan fingerprint density at radius 3 is 2.61 bits per heavy atom. The van der Waals surface area contributed by atoms with Crippen LogP contribution in [0.2, 0.25) is 0 Å². The molecule has 1 aliphatic carbocycles. The first kappa shape index (κ1) is 17.0. The molecule has 0 aromatic heterocycles. The number of rotatable bonds is 6. The molecule has 0 spiro atoms. The van der Waals surface area contributed by atoms with Crippen LogP contribution >= 0.6 is 0 Å². The van der Waals surface area contributed by atoms with Crippen molar-refractivity contribution in [3.63, 3.8) is 0 Å². The number of anilines is 1. The Balaban J connectivity index is 2.12. The maximum absolute atomic E-state index is 12.2. The SMILES string of the molecule is O=C(NC1CC1)c1ccc(NCC(O)C(F)(F)F)c([N+](=O)[O-])c1. The van der Waals surface area contributed by atoms with Crippen molar-refractivity contribution in [3.8, 4) is 0 Å². The number of nitrogens with zero attached hydrogens (tertiary/aromatic N) is 1. The van der Waals surface area contributed by atoms with Crippen molar-refractivity contribution >= 4 is 17.3 Å². The summed E-state index contributed by atoms with van der Waals surface area (Å²) in [6.45, 7) is -0.933. The molecule has 1 aromatic carbocycles.